The molecular weight excluding hydrogens is 214 g/mol. The highest BCUT2D eigenvalue weighted by Crippen LogP contribution is 2.46. The van der Waals surface area contributed by atoms with Crippen molar-refractivity contribution in [3.05, 3.63) is 0 Å². The van der Waals surface area contributed by atoms with Crippen LogP contribution >= 0.6 is 11.6 Å². The first kappa shape index (κ1) is 11.2. The number of carbonyl (C=O) groups excluding carboxylic acids is 1. The van der Waals surface area contributed by atoms with Gasteiger partial charge in [-0.15, -0.1) is 11.6 Å². The topological polar surface area (TPSA) is 40.5 Å². The van der Waals surface area contributed by atoms with E-state index in [0.29, 0.717) is 12.5 Å². The molecule has 0 aromatic carbocycles. The highest BCUT2D eigenvalue weighted by molar-refractivity contribution is 6.27. The van der Waals surface area contributed by atoms with Crippen molar-refractivity contribution < 1.29 is 9.90 Å². The summed E-state index contributed by atoms with van der Waals surface area (Å²) in [6, 6.07) is 0. The van der Waals surface area contributed by atoms with Crippen molar-refractivity contribution in [3.8, 4) is 0 Å². The van der Waals surface area contributed by atoms with Crippen LogP contribution in [-0.4, -0.2) is 41.5 Å². The number of aliphatic hydroxyl groups excluding tert-OH is 1. The summed E-state index contributed by atoms with van der Waals surface area (Å²) in [6.45, 7) is 1.72. The van der Waals surface area contributed by atoms with E-state index in [-0.39, 0.29) is 23.8 Å². The van der Waals surface area contributed by atoms with E-state index in [1.165, 1.54) is 12.8 Å². The van der Waals surface area contributed by atoms with Crippen LogP contribution in [0.3, 0.4) is 0 Å². The molecule has 1 heterocycles. The number of alkyl halides is 1. The van der Waals surface area contributed by atoms with Gasteiger partial charge in [-0.25, -0.2) is 0 Å². The molecule has 2 fully saturated rings. The predicted octanol–water partition coefficient (Wildman–Crippen LogP) is 1.24. The van der Waals surface area contributed by atoms with Crippen LogP contribution in [-0.2, 0) is 4.79 Å². The highest BCUT2D eigenvalue weighted by atomic mass is 35.5. The number of aliphatic hydroxyl groups is 1. The second-order valence-corrected chi connectivity index (χ2v) is 5.14. The summed E-state index contributed by atoms with van der Waals surface area (Å²) >= 11 is 5.56. The van der Waals surface area contributed by atoms with Gasteiger partial charge in [-0.2, -0.15) is 0 Å². The van der Waals surface area contributed by atoms with Crippen molar-refractivity contribution >= 4 is 17.5 Å². The minimum atomic E-state index is -0.0139. The van der Waals surface area contributed by atoms with Gasteiger partial charge in [0.2, 0.25) is 5.91 Å². The fraction of sp³-hybridized carbons (Fsp3) is 0.909. The average molecular weight is 232 g/mol. The molecule has 0 spiro atoms. The Balaban J connectivity index is 2.10. The molecule has 86 valence electrons. The number of fused-ring (bicyclic) bond motifs is 1. The zero-order valence-electron chi connectivity index (χ0n) is 8.91. The van der Waals surface area contributed by atoms with Crippen molar-refractivity contribution in [2.24, 2.45) is 11.3 Å². The minimum Gasteiger partial charge on any atom is -0.396 e. The van der Waals surface area contributed by atoms with Gasteiger partial charge in [0.25, 0.3) is 0 Å². The average Bonchev–Trinajstić information content (AvgIpc) is 2.67. The molecule has 1 aliphatic heterocycles. The Morgan fingerprint density at radius 2 is 2.33 bits per heavy atom. The molecular formula is C11H18ClNO2. The molecule has 1 saturated heterocycles. The monoisotopic (exact) mass is 231 g/mol. The normalized spacial score (nSPS) is 35.3. The maximum absolute atomic E-state index is 11.5. The smallest absolute Gasteiger partial charge is 0.237 e. The Labute approximate surface area is 95.4 Å². The Bertz CT molecular complexity index is 259. The van der Waals surface area contributed by atoms with Crippen molar-refractivity contribution in [1.29, 1.82) is 0 Å². The van der Waals surface area contributed by atoms with Crippen molar-refractivity contribution in [2.75, 3.05) is 25.6 Å². The number of rotatable bonds is 2. The first-order valence-corrected chi connectivity index (χ1v) is 6.20. The zero-order valence-corrected chi connectivity index (χ0v) is 9.67. The van der Waals surface area contributed by atoms with Gasteiger partial charge in [-0.1, -0.05) is 12.8 Å². The standard InChI is InChI=1S/C11H18ClNO2/c12-5-10(15)13-6-9-3-1-2-4-11(9,7-13)8-14/h9,14H,1-8H2. The van der Waals surface area contributed by atoms with Crippen LogP contribution in [0.5, 0.6) is 0 Å². The Kier molecular flexibility index (Phi) is 3.21. The minimum absolute atomic E-state index is 0.0129. The lowest BCUT2D eigenvalue weighted by Gasteiger charge is -2.36. The first-order valence-electron chi connectivity index (χ1n) is 5.66. The molecule has 1 N–H and O–H groups in total. The van der Waals surface area contributed by atoms with Gasteiger partial charge in [0, 0.05) is 18.5 Å². The molecule has 3 nitrogen and oxygen atoms in total. The Hall–Kier alpha value is -0.280. The van der Waals surface area contributed by atoms with Crippen LogP contribution < -0.4 is 0 Å². The van der Waals surface area contributed by atoms with Crippen LogP contribution in [0.2, 0.25) is 0 Å². The second kappa shape index (κ2) is 4.30. The van der Waals surface area contributed by atoms with Gasteiger partial charge in [-0.3, -0.25) is 4.79 Å². The van der Waals surface area contributed by atoms with E-state index >= 15 is 0 Å². The van der Waals surface area contributed by atoms with Crippen LogP contribution in [0.1, 0.15) is 25.7 Å². The molecule has 0 aromatic rings. The van der Waals surface area contributed by atoms with Crippen LogP contribution in [0.4, 0.5) is 0 Å². The predicted molar refractivity (Wildman–Crippen MR) is 58.8 cm³/mol. The summed E-state index contributed by atoms with van der Waals surface area (Å²) in [5, 5.41) is 9.55. The van der Waals surface area contributed by atoms with E-state index in [1.54, 1.807) is 0 Å². The van der Waals surface area contributed by atoms with Crippen molar-refractivity contribution in [1.82, 2.24) is 4.90 Å². The molecule has 1 aliphatic carbocycles. The van der Waals surface area contributed by atoms with E-state index in [0.717, 1.165) is 19.4 Å². The van der Waals surface area contributed by atoms with E-state index in [1.807, 2.05) is 4.90 Å². The number of amides is 1. The van der Waals surface area contributed by atoms with Crippen molar-refractivity contribution in [3.63, 3.8) is 0 Å². The number of nitrogens with zero attached hydrogens (tertiary/aromatic N) is 1. The summed E-state index contributed by atoms with van der Waals surface area (Å²) in [6.07, 6.45) is 4.61. The van der Waals surface area contributed by atoms with Gasteiger partial charge in [0.1, 0.15) is 5.88 Å². The Morgan fingerprint density at radius 3 is 2.93 bits per heavy atom. The summed E-state index contributed by atoms with van der Waals surface area (Å²) in [5.74, 6) is 0.566. The quantitative estimate of drug-likeness (QED) is 0.727. The number of halogens is 1. The maximum atomic E-state index is 11.5. The molecule has 0 aromatic heterocycles. The molecule has 15 heavy (non-hydrogen) atoms. The van der Waals surface area contributed by atoms with E-state index in [9.17, 15) is 9.90 Å². The van der Waals surface area contributed by atoms with Gasteiger partial charge in [0.15, 0.2) is 0 Å². The molecule has 1 amide bonds. The first-order chi connectivity index (χ1) is 7.22. The zero-order chi connectivity index (χ0) is 10.9. The lowest BCUT2D eigenvalue weighted by Crippen LogP contribution is -2.37. The fourth-order valence-electron chi connectivity index (χ4n) is 3.11. The summed E-state index contributed by atoms with van der Waals surface area (Å²) in [7, 11) is 0. The second-order valence-electron chi connectivity index (χ2n) is 4.87. The molecule has 1 saturated carbocycles. The lowest BCUT2D eigenvalue weighted by molar-refractivity contribution is -0.128. The van der Waals surface area contributed by atoms with Gasteiger partial charge in [0.05, 0.1) is 6.61 Å². The number of likely N-dealkylation sites (tertiary alicyclic amines) is 1. The molecule has 2 unspecified atom stereocenters. The van der Waals surface area contributed by atoms with E-state index in [2.05, 4.69) is 0 Å². The van der Waals surface area contributed by atoms with Crippen molar-refractivity contribution in [2.45, 2.75) is 25.7 Å². The molecule has 2 aliphatic rings. The fourth-order valence-corrected chi connectivity index (χ4v) is 3.28. The highest BCUT2D eigenvalue weighted by Gasteiger charge is 2.48. The third-order valence-corrected chi connectivity index (χ3v) is 4.30. The van der Waals surface area contributed by atoms with E-state index < -0.39 is 0 Å². The summed E-state index contributed by atoms with van der Waals surface area (Å²) in [5.41, 5.74) is -0.0139. The SMILES string of the molecule is O=C(CCl)N1CC2CCCCC2(CO)C1. The lowest BCUT2D eigenvalue weighted by atomic mass is 9.69. The van der Waals surface area contributed by atoms with Crippen LogP contribution in [0, 0.1) is 11.3 Å². The third kappa shape index (κ3) is 1.87. The van der Waals surface area contributed by atoms with Gasteiger partial charge in [-0.05, 0) is 18.8 Å². The summed E-state index contributed by atoms with van der Waals surface area (Å²) in [4.78, 5) is 13.4. The molecule has 2 rings (SSSR count). The molecule has 0 radical (unpaired) electrons. The van der Waals surface area contributed by atoms with E-state index in [4.69, 9.17) is 11.6 Å². The number of hydrogen-bond donors (Lipinski definition) is 1. The molecule has 4 heteroatoms. The largest absolute Gasteiger partial charge is 0.396 e. The maximum Gasteiger partial charge on any atom is 0.237 e. The number of carbonyl (C=O) groups is 1. The van der Waals surface area contributed by atoms with Gasteiger partial charge < -0.3 is 10.0 Å². The third-order valence-electron chi connectivity index (χ3n) is 4.07. The number of hydrogen-bond acceptors (Lipinski definition) is 2. The van der Waals surface area contributed by atoms with Crippen LogP contribution in [0.15, 0.2) is 0 Å². The molecule has 2 atom stereocenters. The Morgan fingerprint density at radius 1 is 1.53 bits per heavy atom. The summed E-state index contributed by atoms with van der Waals surface area (Å²) < 4.78 is 0. The van der Waals surface area contributed by atoms with Crippen LogP contribution in [0.25, 0.3) is 0 Å². The van der Waals surface area contributed by atoms with Gasteiger partial charge >= 0.3 is 0 Å². The molecule has 0 bridgehead atoms.